The quantitative estimate of drug-likeness (QED) is 0.730. The van der Waals surface area contributed by atoms with Gasteiger partial charge in [-0.05, 0) is 6.07 Å². The molecule has 0 spiro atoms. The summed E-state index contributed by atoms with van der Waals surface area (Å²) in [6.45, 7) is 0. The van der Waals surface area contributed by atoms with Gasteiger partial charge in [-0.1, -0.05) is 0 Å². The number of nitriles is 1. The molecule has 0 heterocycles. The van der Waals surface area contributed by atoms with Crippen LogP contribution in [-0.2, 0) is 0 Å². The predicted molar refractivity (Wildman–Crippen MR) is 46.3 cm³/mol. The molecule has 0 saturated heterocycles. The van der Waals surface area contributed by atoms with Gasteiger partial charge in [-0.3, -0.25) is 0 Å². The molecule has 0 amide bonds. The number of nitrogens with zero attached hydrogens (tertiary/aromatic N) is 1. The van der Waals surface area contributed by atoms with E-state index in [-0.39, 0.29) is 16.9 Å². The number of methoxy groups -OCH3 is 1. The van der Waals surface area contributed by atoms with E-state index in [0.717, 1.165) is 12.1 Å². The number of aromatic hydroxyl groups is 1. The second-order valence-corrected chi connectivity index (χ2v) is 2.49. The SMILES string of the molecule is COc1cc(C(=O)O)c(O)cc1C#N. The summed E-state index contributed by atoms with van der Waals surface area (Å²) in [6, 6.07) is 3.94. The average molecular weight is 193 g/mol. The summed E-state index contributed by atoms with van der Waals surface area (Å²) >= 11 is 0. The van der Waals surface area contributed by atoms with Crippen LogP contribution < -0.4 is 4.74 Å². The normalized spacial score (nSPS) is 9.14. The Labute approximate surface area is 79.8 Å². The van der Waals surface area contributed by atoms with Gasteiger partial charge in [-0.25, -0.2) is 4.79 Å². The minimum atomic E-state index is -1.27. The van der Waals surface area contributed by atoms with Crippen molar-refractivity contribution >= 4 is 5.97 Å². The Balaban J connectivity index is 3.39. The second-order valence-electron chi connectivity index (χ2n) is 2.49. The van der Waals surface area contributed by atoms with Crippen LogP contribution in [0, 0.1) is 11.3 Å². The van der Waals surface area contributed by atoms with Crippen LogP contribution in [0.15, 0.2) is 12.1 Å². The van der Waals surface area contributed by atoms with E-state index in [9.17, 15) is 9.90 Å². The van der Waals surface area contributed by atoms with Crippen molar-refractivity contribution in [2.75, 3.05) is 7.11 Å². The van der Waals surface area contributed by atoms with Gasteiger partial charge >= 0.3 is 5.97 Å². The first-order valence-electron chi connectivity index (χ1n) is 3.64. The third kappa shape index (κ3) is 1.59. The summed E-state index contributed by atoms with van der Waals surface area (Å²) in [4.78, 5) is 10.6. The van der Waals surface area contributed by atoms with E-state index >= 15 is 0 Å². The third-order valence-electron chi connectivity index (χ3n) is 1.67. The van der Waals surface area contributed by atoms with Crippen LogP contribution in [-0.4, -0.2) is 23.3 Å². The van der Waals surface area contributed by atoms with Gasteiger partial charge in [-0.15, -0.1) is 0 Å². The lowest BCUT2D eigenvalue weighted by Gasteiger charge is -2.05. The fourth-order valence-electron chi connectivity index (χ4n) is 0.996. The van der Waals surface area contributed by atoms with Crippen molar-refractivity contribution in [2.24, 2.45) is 0 Å². The first-order chi connectivity index (χ1) is 6.60. The van der Waals surface area contributed by atoms with Crippen molar-refractivity contribution in [3.8, 4) is 17.6 Å². The van der Waals surface area contributed by atoms with Crippen LogP contribution in [0.1, 0.15) is 15.9 Å². The molecule has 0 aliphatic heterocycles. The highest BCUT2D eigenvalue weighted by molar-refractivity contribution is 5.91. The van der Waals surface area contributed by atoms with Gasteiger partial charge in [0.05, 0.1) is 12.7 Å². The zero-order valence-corrected chi connectivity index (χ0v) is 7.31. The molecule has 14 heavy (non-hydrogen) atoms. The topological polar surface area (TPSA) is 90.6 Å². The first kappa shape index (κ1) is 9.86. The zero-order chi connectivity index (χ0) is 10.7. The molecular formula is C9H7NO4. The van der Waals surface area contributed by atoms with Gasteiger partial charge in [0.2, 0.25) is 0 Å². The van der Waals surface area contributed by atoms with Gasteiger partial charge in [0.1, 0.15) is 23.1 Å². The van der Waals surface area contributed by atoms with Crippen molar-refractivity contribution in [3.63, 3.8) is 0 Å². The van der Waals surface area contributed by atoms with Crippen LogP contribution in [0.4, 0.5) is 0 Å². The number of carboxylic acid groups (broad SMARTS) is 1. The molecule has 0 aromatic heterocycles. The monoisotopic (exact) mass is 193 g/mol. The lowest BCUT2D eigenvalue weighted by molar-refractivity contribution is 0.0693. The van der Waals surface area contributed by atoms with E-state index in [2.05, 4.69) is 0 Å². The van der Waals surface area contributed by atoms with E-state index < -0.39 is 11.7 Å². The maximum Gasteiger partial charge on any atom is 0.339 e. The Bertz CT molecular complexity index is 420. The van der Waals surface area contributed by atoms with Crippen LogP contribution >= 0.6 is 0 Å². The number of carbonyl (C=O) groups is 1. The average Bonchev–Trinajstić information content (AvgIpc) is 2.16. The van der Waals surface area contributed by atoms with E-state index in [1.54, 1.807) is 6.07 Å². The Hall–Kier alpha value is -2.22. The molecule has 0 aliphatic rings. The number of hydrogen-bond donors (Lipinski definition) is 2. The van der Waals surface area contributed by atoms with Crippen molar-refractivity contribution in [1.29, 1.82) is 5.26 Å². The standard InChI is InChI=1S/C9H7NO4/c1-14-8-3-6(9(12)13)7(11)2-5(8)4-10/h2-3,11H,1H3,(H,12,13). The molecular weight excluding hydrogens is 186 g/mol. The molecule has 1 rings (SSSR count). The van der Waals surface area contributed by atoms with Crippen LogP contribution in [0.5, 0.6) is 11.5 Å². The molecule has 2 N–H and O–H groups in total. The summed E-state index contributed by atoms with van der Waals surface area (Å²) in [7, 11) is 1.32. The van der Waals surface area contributed by atoms with Crippen molar-refractivity contribution in [3.05, 3.63) is 23.3 Å². The summed E-state index contributed by atoms with van der Waals surface area (Å²) in [5.74, 6) is -1.59. The van der Waals surface area contributed by atoms with E-state index in [0.29, 0.717) is 0 Å². The van der Waals surface area contributed by atoms with E-state index in [1.165, 1.54) is 7.11 Å². The largest absolute Gasteiger partial charge is 0.507 e. The van der Waals surface area contributed by atoms with Crippen molar-refractivity contribution in [2.45, 2.75) is 0 Å². The fourth-order valence-corrected chi connectivity index (χ4v) is 0.996. The molecule has 0 radical (unpaired) electrons. The Morgan fingerprint density at radius 3 is 2.64 bits per heavy atom. The molecule has 1 aromatic carbocycles. The molecule has 5 heteroatoms. The molecule has 72 valence electrons. The molecule has 0 atom stereocenters. The summed E-state index contributed by atoms with van der Waals surface area (Å²) in [5, 5.41) is 26.5. The van der Waals surface area contributed by atoms with Gasteiger partial charge in [-0.2, -0.15) is 5.26 Å². The van der Waals surface area contributed by atoms with Gasteiger partial charge in [0, 0.05) is 6.07 Å². The number of benzene rings is 1. The summed E-state index contributed by atoms with van der Waals surface area (Å²) in [6.07, 6.45) is 0. The lowest BCUT2D eigenvalue weighted by Crippen LogP contribution is -1.99. The summed E-state index contributed by atoms with van der Waals surface area (Å²) < 4.78 is 4.79. The summed E-state index contributed by atoms with van der Waals surface area (Å²) in [5.41, 5.74) is -0.198. The highest BCUT2D eigenvalue weighted by Crippen LogP contribution is 2.27. The highest BCUT2D eigenvalue weighted by Gasteiger charge is 2.14. The van der Waals surface area contributed by atoms with E-state index in [1.807, 2.05) is 0 Å². The molecule has 1 aromatic rings. The van der Waals surface area contributed by atoms with Gasteiger partial charge in [0.25, 0.3) is 0 Å². The van der Waals surface area contributed by atoms with Crippen LogP contribution in [0.25, 0.3) is 0 Å². The molecule has 0 bridgehead atoms. The predicted octanol–water partition coefficient (Wildman–Crippen LogP) is 0.971. The smallest absolute Gasteiger partial charge is 0.339 e. The minimum Gasteiger partial charge on any atom is -0.507 e. The molecule has 0 fully saturated rings. The molecule has 0 aliphatic carbocycles. The number of aromatic carboxylic acids is 1. The lowest BCUT2D eigenvalue weighted by atomic mass is 10.1. The third-order valence-corrected chi connectivity index (χ3v) is 1.67. The maximum absolute atomic E-state index is 10.6. The Morgan fingerprint density at radius 2 is 2.21 bits per heavy atom. The maximum atomic E-state index is 10.6. The minimum absolute atomic E-state index is 0.0926. The fraction of sp³-hybridized carbons (Fsp3) is 0.111. The zero-order valence-electron chi connectivity index (χ0n) is 7.31. The number of phenols is 1. The van der Waals surface area contributed by atoms with Crippen LogP contribution in [0.3, 0.4) is 0 Å². The second kappa shape index (κ2) is 3.66. The first-order valence-corrected chi connectivity index (χ1v) is 3.64. The Morgan fingerprint density at radius 1 is 1.57 bits per heavy atom. The van der Waals surface area contributed by atoms with Crippen molar-refractivity contribution < 1.29 is 19.7 Å². The molecule has 0 unspecified atom stereocenters. The van der Waals surface area contributed by atoms with Gasteiger partial charge < -0.3 is 14.9 Å². The van der Waals surface area contributed by atoms with Crippen molar-refractivity contribution in [1.82, 2.24) is 0 Å². The number of hydrogen-bond acceptors (Lipinski definition) is 4. The molecule has 0 saturated carbocycles. The number of carboxylic acids is 1. The van der Waals surface area contributed by atoms with Crippen LogP contribution in [0.2, 0.25) is 0 Å². The molecule has 5 nitrogen and oxygen atoms in total. The highest BCUT2D eigenvalue weighted by atomic mass is 16.5. The van der Waals surface area contributed by atoms with E-state index in [4.69, 9.17) is 15.1 Å². The van der Waals surface area contributed by atoms with Gasteiger partial charge in [0.15, 0.2) is 0 Å². The Kier molecular flexibility index (Phi) is 2.58. The number of rotatable bonds is 2. The number of ether oxygens (including phenoxy) is 1.